The lowest BCUT2D eigenvalue weighted by molar-refractivity contribution is 0.0941. The maximum atomic E-state index is 13.2. The smallest absolute Gasteiger partial charge is 0.252 e. The Morgan fingerprint density at radius 1 is 1.29 bits per heavy atom. The van der Waals surface area contributed by atoms with Crippen LogP contribution < -0.4 is 10.1 Å². The zero-order chi connectivity index (χ0) is 17.7. The zero-order valence-corrected chi connectivity index (χ0v) is 16.0. The fraction of sp³-hybridized carbons (Fsp3) is 0.278. The van der Waals surface area contributed by atoms with Crippen LogP contribution in [0.5, 0.6) is 5.75 Å². The minimum Gasteiger partial charge on any atom is -0.497 e. The van der Waals surface area contributed by atoms with E-state index in [-0.39, 0.29) is 17.8 Å². The highest BCUT2D eigenvalue weighted by atomic mass is 127. The average Bonchev–Trinajstić information content (AvgIpc) is 2.54. The molecule has 2 rings (SSSR count). The molecule has 4 nitrogen and oxygen atoms in total. The third kappa shape index (κ3) is 4.67. The quantitative estimate of drug-likeness (QED) is 0.697. The van der Waals surface area contributed by atoms with Crippen molar-refractivity contribution < 1.29 is 13.9 Å². The van der Waals surface area contributed by atoms with Crippen LogP contribution in [0.3, 0.4) is 0 Å². The number of likely N-dealkylation sites (N-methyl/N-ethyl adjacent to an activating group) is 1. The Balaban J connectivity index is 2.12. The Kier molecular flexibility index (Phi) is 6.56. The van der Waals surface area contributed by atoms with Gasteiger partial charge < -0.3 is 15.0 Å². The van der Waals surface area contributed by atoms with Crippen molar-refractivity contribution >= 4 is 28.5 Å². The molecule has 128 valence electrons. The molecule has 2 aromatic carbocycles. The molecule has 0 saturated carbocycles. The fourth-order valence-electron chi connectivity index (χ4n) is 2.41. The summed E-state index contributed by atoms with van der Waals surface area (Å²) in [7, 11) is 5.54. The molecule has 0 aliphatic rings. The van der Waals surface area contributed by atoms with Gasteiger partial charge in [-0.3, -0.25) is 4.79 Å². The van der Waals surface area contributed by atoms with Crippen molar-refractivity contribution in [3.63, 3.8) is 0 Å². The van der Waals surface area contributed by atoms with Gasteiger partial charge in [0.1, 0.15) is 11.6 Å². The van der Waals surface area contributed by atoms with E-state index in [1.54, 1.807) is 7.11 Å². The van der Waals surface area contributed by atoms with Gasteiger partial charge in [-0.1, -0.05) is 12.1 Å². The standard InChI is InChI=1S/C18H20FIN2O2/c1-22(2)17(12-5-4-6-14(9-12)24-3)11-21-18(23)15-8-7-13(19)10-16(15)20/h4-10,17H,11H2,1-3H3,(H,21,23). The summed E-state index contributed by atoms with van der Waals surface area (Å²) in [6.45, 7) is 0.437. The Labute approximate surface area is 155 Å². The number of nitrogens with one attached hydrogen (secondary N) is 1. The van der Waals surface area contributed by atoms with Gasteiger partial charge in [-0.25, -0.2) is 4.39 Å². The van der Waals surface area contributed by atoms with Crippen LogP contribution in [-0.4, -0.2) is 38.6 Å². The van der Waals surface area contributed by atoms with Gasteiger partial charge in [-0.2, -0.15) is 0 Å². The van der Waals surface area contributed by atoms with Gasteiger partial charge in [0.25, 0.3) is 5.91 Å². The number of rotatable bonds is 6. The first-order valence-electron chi connectivity index (χ1n) is 7.46. The number of carbonyl (C=O) groups excluding carboxylic acids is 1. The van der Waals surface area contributed by atoms with Crippen LogP contribution in [0.4, 0.5) is 4.39 Å². The predicted molar refractivity (Wildman–Crippen MR) is 101 cm³/mol. The number of hydrogen-bond donors (Lipinski definition) is 1. The molecule has 0 fully saturated rings. The van der Waals surface area contributed by atoms with E-state index in [1.807, 2.05) is 65.9 Å². The summed E-state index contributed by atoms with van der Waals surface area (Å²) in [4.78, 5) is 14.4. The van der Waals surface area contributed by atoms with Crippen LogP contribution in [0.25, 0.3) is 0 Å². The van der Waals surface area contributed by atoms with E-state index in [4.69, 9.17) is 4.74 Å². The van der Waals surface area contributed by atoms with E-state index in [0.717, 1.165) is 11.3 Å². The third-order valence-electron chi connectivity index (χ3n) is 3.73. The Morgan fingerprint density at radius 3 is 2.67 bits per heavy atom. The molecule has 0 saturated heterocycles. The minimum atomic E-state index is -0.349. The second kappa shape index (κ2) is 8.43. The molecular formula is C18H20FIN2O2. The van der Waals surface area contributed by atoms with E-state index >= 15 is 0 Å². The van der Waals surface area contributed by atoms with Gasteiger partial charge in [0.2, 0.25) is 0 Å². The summed E-state index contributed by atoms with van der Waals surface area (Å²) >= 11 is 1.96. The molecule has 6 heteroatoms. The molecule has 0 spiro atoms. The third-order valence-corrected chi connectivity index (χ3v) is 4.63. The lowest BCUT2D eigenvalue weighted by Gasteiger charge is -2.25. The van der Waals surface area contributed by atoms with Crippen molar-refractivity contribution in [2.45, 2.75) is 6.04 Å². The summed E-state index contributed by atoms with van der Waals surface area (Å²) in [5, 5.41) is 2.93. The number of amides is 1. The highest BCUT2D eigenvalue weighted by Gasteiger charge is 2.17. The Morgan fingerprint density at radius 2 is 2.04 bits per heavy atom. The number of hydrogen-bond acceptors (Lipinski definition) is 3. The monoisotopic (exact) mass is 442 g/mol. The highest BCUT2D eigenvalue weighted by Crippen LogP contribution is 2.22. The fourth-order valence-corrected chi connectivity index (χ4v) is 3.13. The maximum absolute atomic E-state index is 13.2. The molecule has 0 aliphatic carbocycles. The highest BCUT2D eigenvalue weighted by molar-refractivity contribution is 14.1. The number of ether oxygens (including phenoxy) is 1. The van der Waals surface area contributed by atoms with Gasteiger partial charge in [0, 0.05) is 10.1 Å². The summed E-state index contributed by atoms with van der Waals surface area (Å²) < 4.78 is 19.0. The van der Waals surface area contributed by atoms with E-state index < -0.39 is 0 Å². The molecule has 0 heterocycles. The van der Waals surface area contributed by atoms with Crippen LogP contribution in [0.2, 0.25) is 0 Å². The summed E-state index contributed by atoms with van der Waals surface area (Å²) in [5.74, 6) is 0.214. The van der Waals surface area contributed by atoms with Crippen LogP contribution in [0.1, 0.15) is 22.0 Å². The zero-order valence-electron chi connectivity index (χ0n) is 13.8. The molecule has 0 aliphatic heterocycles. The first-order valence-corrected chi connectivity index (χ1v) is 8.54. The minimum absolute atomic E-state index is 0.00200. The van der Waals surface area contributed by atoms with E-state index in [1.165, 1.54) is 18.2 Å². The summed E-state index contributed by atoms with van der Waals surface area (Å²) in [5.41, 5.74) is 1.52. The number of nitrogens with zero attached hydrogens (tertiary/aromatic N) is 1. The Hall–Kier alpha value is -1.67. The van der Waals surface area contributed by atoms with Gasteiger partial charge in [-0.15, -0.1) is 0 Å². The first kappa shape index (κ1) is 18.7. The van der Waals surface area contributed by atoms with Gasteiger partial charge in [0.15, 0.2) is 0 Å². The van der Waals surface area contributed by atoms with E-state index in [9.17, 15) is 9.18 Å². The predicted octanol–water partition coefficient (Wildman–Crippen LogP) is 3.47. The van der Waals surface area contributed by atoms with Crippen molar-refractivity contribution in [1.29, 1.82) is 0 Å². The molecule has 0 bridgehead atoms. The van der Waals surface area contributed by atoms with Gasteiger partial charge >= 0.3 is 0 Å². The lowest BCUT2D eigenvalue weighted by atomic mass is 10.1. The number of halogens is 2. The van der Waals surface area contributed by atoms with Crippen molar-refractivity contribution in [2.24, 2.45) is 0 Å². The summed E-state index contributed by atoms with van der Waals surface area (Å²) in [6, 6.07) is 11.9. The molecule has 0 radical (unpaired) electrons. The molecule has 0 aromatic heterocycles. The van der Waals surface area contributed by atoms with E-state index in [0.29, 0.717) is 15.7 Å². The molecule has 1 N–H and O–H groups in total. The van der Waals surface area contributed by atoms with Crippen molar-refractivity contribution in [3.8, 4) is 5.75 Å². The molecule has 2 aromatic rings. The molecule has 1 atom stereocenters. The van der Waals surface area contributed by atoms with Crippen LogP contribution >= 0.6 is 22.6 Å². The largest absolute Gasteiger partial charge is 0.497 e. The topological polar surface area (TPSA) is 41.6 Å². The van der Waals surface area contributed by atoms with Crippen LogP contribution in [0.15, 0.2) is 42.5 Å². The molecule has 1 amide bonds. The van der Waals surface area contributed by atoms with E-state index in [2.05, 4.69) is 5.32 Å². The molecule has 1 unspecified atom stereocenters. The van der Waals surface area contributed by atoms with Crippen LogP contribution in [0, 0.1) is 9.39 Å². The summed E-state index contributed by atoms with van der Waals surface area (Å²) in [6.07, 6.45) is 0. The van der Waals surface area contributed by atoms with Crippen molar-refractivity contribution in [1.82, 2.24) is 10.2 Å². The average molecular weight is 442 g/mol. The number of methoxy groups -OCH3 is 1. The van der Waals surface area contributed by atoms with Gasteiger partial charge in [0.05, 0.1) is 18.7 Å². The van der Waals surface area contributed by atoms with Crippen LogP contribution in [-0.2, 0) is 0 Å². The lowest BCUT2D eigenvalue weighted by Crippen LogP contribution is -2.34. The normalized spacial score (nSPS) is 12.1. The van der Waals surface area contributed by atoms with Gasteiger partial charge in [-0.05, 0) is 72.6 Å². The Bertz CT molecular complexity index is 722. The van der Waals surface area contributed by atoms with Crippen molar-refractivity contribution in [2.75, 3.05) is 27.7 Å². The SMILES string of the molecule is COc1cccc(C(CNC(=O)c2ccc(F)cc2I)N(C)C)c1. The molecular weight excluding hydrogens is 422 g/mol. The second-order valence-corrected chi connectivity index (χ2v) is 6.75. The maximum Gasteiger partial charge on any atom is 0.252 e. The second-order valence-electron chi connectivity index (χ2n) is 5.59. The number of carbonyl (C=O) groups is 1. The molecule has 24 heavy (non-hydrogen) atoms. The number of benzene rings is 2. The van der Waals surface area contributed by atoms with Crippen molar-refractivity contribution in [3.05, 3.63) is 63.0 Å². The first-order chi connectivity index (χ1) is 11.4.